The quantitative estimate of drug-likeness (QED) is 0.646. The van der Waals surface area contributed by atoms with Crippen LogP contribution in [0.15, 0.2) is 18.2 Å². The normalized spacial score (nSPS) is 9.73. The van der Waals surface area contributed by atoms with Gasteiger partial charge in [0.25, 0.3) is 5.91 Å². The van der Waals surface area contributed by atoms with E-state index in [1.807, 2.05) is 0 Å². The minimum absolute atomic E-state index is 0.191. The number of carbonyl (C=O) groups is 2. The summed E-state index contributed by atoms with van der Waals surface area (Å²) in [6, 6.07) is 3.52. The highest BCUT2D eigenvalue weighted by atomic mass is 19.1. The van der Waals surface area contributed by atoms with E-state index in [1.165, 1.54) is 6.07 Å². The summed E-state index contributed by atoms with van der Waals surface area (Å²) >= 11 is 0. The zero-order chi connectivity index (χ0) is 11.4. The zero-order valence-corrected chi connectivity index (χ0v) is 7.79. The van der Waals surface area contributed by atoms with E-state index in [2.05, 4.69) is 5.32 Å². The van der Waals surface area contributed by atoms with Crippen molar-refractivity contribution in [3.8, 4) is 0 Å². The molecular weight excluding hydrogens is 201 g/mol. The Morgan fingerprint density at radius 3 is 2.60 bits per heavy atom. The van der Waals surface area contributed by atoms with E-state index < -0.39 is 17.6 Å². The highest BCUT2D eigenvalue weighted by Gasteiger charge is 2.09. The van der Waals surface area contributed by atoms with Crippen LogP contribution in [0.1, 0.15) is 10.4 Å². The maximum atomic E-state index is 13.0. The Hall–Kier alpha value is -1.95. The van der Waals surface area contributed by atoms with Gasteiger partial charge in [-0.05, 0) is 18.2 Å². The van der Waals surface area contributed by atoms with Gasteiger partial charge >= 0.3 is 0 Å². The SMILES string of the molecule is NCC(=O)Nc1ccc(F)c(C(N)=O)c1. The average molecular weight is 211 g/mol. The van der Waals surface area contributed by atoms with Crippen LogP contribution in [0.4, 0.5) is 10.1 Å². The summed E-state index contributed by atoms with van der Waals surface area (Å²) in [6.45, 7) is -0.191. The van der Waals surface area contributed by atoms with Gasteiger partial charge in [0.05, 0.1) is 12.1 Å². The molecule has 0 saturated heterocycles. The number of nitrogens with two attached hydrogens (primary N) is 2. The molecule has 0 saturated carbocycles. The Morgan fingerprint density at radius 2 is 2.07 bits per heavy atom. The van der Waals surface area contributed by atoms with E-state index in [0.29, 0.717) is 0 Å². The number of anilines is 1. The molecule has 0 heterocycles. The second kappa shape index (κ2) is 4.52. The maximum absolute atomic E-state index is 13.0. The highest BCUT2D eigenvalue weighted by Crippen LogP contribution is 2.14. The Bertz CT molecular complexity index is 406. The van der Waals surface area contributed by atoms with Crippen molar-refractivity contribution in [2.75, 3.05) is 11.9 Å². The van der Waals surface area contributed by atoms with Crippen molar-refractivity contribution >= 4 is 17.5 Å². The Balaban J connectivity index is 2.97. The Morgan fingerprint density at radius 1 is 1.40 bits per heavy atom. The van der Waals surface area contributed by atoms with Gasteiger partial charge in [0.15, 0.2) is 0 Å². The molecule has 0 aliphatic rings. The summed E-state index contributed by atoms with van der Waals surface area (Å²) in [6.07, 6.45) is 0. The molecule has 0 spiro atoms. The summed E-state index contributed by atoms with van der Waals surface area (Å²) < 4.78 is 13.0. The van der Waals surface area contributed by atoms with E-state index in [0.717, 1.165) is 12.1 Å². The molecule has 0 bridgehead atoms. The van der Waals surface area contributed by atoms with Gasteiger partial charge in [-0.25, -0.2) is 4.39 Å². The van der Waals surface area contributed by atoms with E-state index >= 15 is 0 Å². The van der Waals surface area contributed by atoms with Gasteiger partial charge in [0, 0.05) is 5.69 Å². The standard InChI is InChI=1S/C9H10FN3O2/c10-7-2-1-5(13-8(14)4-11)3-6(7)9(12)15/h1-3H,4,11H2,(H2,12,15)(H,13,14). The molecule has 1 aromatic rings. The van der Waals surface area contributed by atoms with Gasteiger partial charge in [-0.3, -0.25) is 9.59 Å². The van der Waals surface area contributed by atoms with Crippen molar-refractivity contribution < 1.29 is 14.0 Å². The van der Waals surface area contributed by atoms with Gasteiger partial charge in [0.1, 0.15) is 5.82 Å². The number of benzene rings is 1. The smallest absolute Gasteiger partial charge is 0.251 e. The van der Waals surface area contributed by atoms with Crippen LogP contribution in [0.25, 0.3) is 0 Å². The van der Waals surface area contributed by atoms with Crippen molar-refractivity contribution in [2.24, 2.45) is 11.5 Å². The molecule has 0 unspecified atom stereocenters. The molecule has 0 aromatic heterocycles. The number of rotatable bonds is 3. The Labute approximate surface area is 85.2 Å². The molecule has 15 heavy (non-hydrogen) atoms. The van der Waals surface area contributed by atoms with Crippen molar-refractivity contribution in [3.05, 3.63) is 29.6 Å². The number of primary amides is 1. The fourth-order valence-corrected chi connectivity index (χ4v) is 1.00. The molecular formula is C9H10FN3O2. The van der Waals surface area contributed by atoms with E-state index in [1.54, 1.807) is 0 Å². The minimum atomic E-state index is -0.892. The van der Waals surface area contributed by atoms with Gasteiger partial charge < -0.3 is 16.8 Å². The van der Waals surface area contributed by atoms with Crippen LogP contribution < -0.4 is 16.8 Å². The summed E-state index contributed by atoms with van der Waals surface area (Å²) in [5.74, 6) is -2.05. The molecule has 1 aromatic carbocycles. The second-order valence-electron chi connectivity index (χ2n) is 2.81. The second-order valence-corrected chi connectivity index (χ2v) is 2.81. The summed E-state index contributed by atoms with van der Waals surface area (Å²) in [7, 11) is 0. The largest absolute Gasteiger partial charge is 0.366 e. The number of carbonyl (C=O) groups excluding carboxylic acids is 2. The molecule has 1 rings (SSSR count). The first-order valence-electron chi connectivity index (χ1n) is 4.14. The third-order valence-electron chi connectivity index (χ3n) is 1.70. The van der Waals surface area contributed by atoms with Crippen LogP contribution in [0, 0.1) is 5.82 Å². The lowest BCUT2D eigenvalue weighted by Gasteiger charge is -2.05. The number of amides is 2. The Kier molecular flexibility index (Phi) is 3.35. The van der Waals surface area contributed by atoms with Gasteiger partial charge in [0.2, 0.25) is 5.91 Å². The van der Waals surface area contributed by atoms with Crippen LogP contribution >= 0.6 is 0 Å². The first-order valence-corrected chi connectivity index (χ1v) is 4.14. The van der Waals surface area contributed by atoms with E-state index in [-0.39, 0.29) is 17.8 Å². The van der Waals surface area contributed by atoms with Crippen LogP contribution in [-0.2, 0) is 4.79 Å². The third-order valence-corrected chi connectivity index (χ3v) is 1.70. The molecule has 0 atom stereocenters. The molecule has 0 radical (unpaired) electrons. The molecule has 5 N–H and O–H groups in total. The molecule has 80 valence electrons. The van der Waals surface area contributed by atoms with Gasteiger partial charge in [-0.1, -0.05) is 0 Å². The van der Waals surface area contributed by atoms with Crippen molar-refractivity contribution in [2.45, 2.75) is 0 Å². The molecule has 2 amide bonds. The van der Waals surface area contributed by atoms with Crippen LogP contribution in [0.5, 0.6) is 0 Å². The predicted octanol–water partition coefficient (Wildman–Crippen LogP) is -0.178. The number of hydrogen-bond acceptors (Lipinski definition) is 3. The monoisotopic (exact) mass is 211 g/mol. The van der Waals surface area contributed by atoms with Crippen molar-refractivity contribution in [1.82, 2.24) is 0 Å². The molecule has 5 nitrogen and oxygen atoms in total. The van der Waals surface area contributed by atoms with Crippen molar-refractivity contribution in [1.29, 1.82) is 0 Å². The fourth-order valence-electron chi connectivity index (χ4n) is 1.00. The van der Waals surface area contributed by atoms with Crippen LogP contribution in [-0.4, -0.2) is 18.4 Å². The predicted molar refractivity (Wildman–Crippen MR) is 52.6 cm³/mol. The lowest BCUT2D eigenvalue weighted by molar-refractivity contribution is -0.114. The van der Waals surface area contributed by atoms with Crippen molar-refractivity contribution in [3.63, 3.8) is 0 Å². The fraction of sp³-hybridized carbons (Fsp3) is 0.111. The lowest BCUT2D eigenvalue weighted by Crippen LogP contribution is -2.22. The van der Waals surface area contributed by atoms with Gasteiger partial charge in [-0.15, -0.1) is 0 Å². The van der Waals surface area contributed by atoms with Crippen LogP contribution in [0.2, 0.25) is 0 Å². The summed E-state index contributed by atoms with van der Waals surface area (Å²) in [5, 5.41) is 2.38. The minimum Gasteiger partial charge on any atom is -0.366 e. The summed E-state index contributed by atoms with van der Waals surface area (Å²) in [5.41, 5.74) is 10.0. The first kappa shape index (κ1) is 11.1. The average Bonchev–Trinajstić information content (AvgIpc) is 2.20. The number of nitrogens with one attached hydrogen (secondary N) is 1. The van der Waals surface area contributed by atoms with E-state index in [9.17, 15) is 14.0 Å². The molecule has 6 heteroatoms. The molecule has 0 aliphatic heterocycles. The molecule has 0 fully saturated rings. The first-order chi connectivity index (χ1) is 7.04. The maximum Gasteiger partial charge on any atom is 0.251 e. The topological polar surface area (TPSA) is 98.2 Å². The number of hydrogen-bond donors (Lipinski definition) is 3. The highest BCUT2D eigenvalue weighted by molar-refractivity contribution is 5.96. The van der Waals surface area contributed by atoms with E-state index in [4.69, 9.17) is 11.5 Å². The third kappa shape index (κ3) is 2.75. The van der Waals surface area contributed by atoms with Crippen LogP contribution in [0.3, 0.4) is 0 Å². The van der Waals surface area contributed by atoms with Gasteiger partial charge in [-0.2, -0.15) is 0 Å². The summed E-state index contributed by atoms with van der Waals surface area (Å²) in [4.78, 5) is 21.7. The number of halogens is 1. The lowest BCUT2D eigenvalue weighted by atomic mass is 10.2. The zero-order valence-electron chi connectivity index (χ0n) is 7.79. The molecule has 0 aliphatic carbocycles.